The van der Waals surface area contributed by atoms with Gasteiger partial charge in [-0.05, 0) is 12.8 Å². The number of aliphatic hydroxyl groups excluding tert-OH is 2. The molecule has 0 aliphatic carbocycles. The zero-order chi connectivity index (χ0) is 21.7. The van der Waals surface area contributed by atoms with E-state index in [-0.39, 0.29) is 71.3 Å². The molecule has 2 unspecified atom stereocenters. The first-order chi connectivity index (χ1) is 13.2. The quantitative estimate of drug-likeness (QED) is 0.101. The maximum Gasteiger partial charge on any atom is 1.00 e. The Bertz CT molecular complexity index is 382. The Morgan fingerprint density at radius 2 is 0.933 bits per heavy atom. The van der Waals surface area contributed by atoms with Crippen LogP contribution in [-0.2, 0) is 15.1 Å². The molecular weight excluding hydrogens is 430 g/mol. The minimum Gasteiger partial charge on any atom is -0.759 e. The van der Waals surface area contributed by atoms with Gasteiger partial charge in [-0.1, -0.05) is 90.9 Å². The van der Waals surface area contributed by atoms with Crippen molar-refractivity contribution in [3.63, 3.8) is 0 Å². The summed E-state index contributed by atoms with van der Waals surface area (Å²) >= 11 is 0. The van der Waals surface area contributed by atoms with E-state index >= 15 is 0 Å². The van der Waals surface area contributed by atoms with Crippen LogP contribution < -0.4 is 59.1 Å². The van der Waals surface area contributed by atoms with Crippen LogP contribution in [-0.4, -0.2) is 53.2 Å². The average molecular weight is 473 g/mol. The predicted molar refractivity (Wildman–Crippen MR) is 109 cm³/mol. The van der Waals surface area contributed by atoms with E-state index in [1.165, 1.54) is 64.2 Å². The van der Waals surface area contributed by atoms with Crippen LogP contribution in [0.5, 0.6) is 0 Å². The minimum absolute atomic E-state index is 0. The van der Waals surface area contributed by atoms with Crippen molar-refractivity contribution in [3.8, 4) is 0 Å². The fourth-order valence-electron chi connectivity index (χ4n) is 2.83. The number of hydrogen-bond acceptors (Lipinski definition) is 7. The fourth-order valence-corrected chi connectivity index (χ4v) is 2.83. The van der Waals surface area contributed by atoms with Gasteiger partial charge in [-0.3, -0.25) is 8.42 Å². The van der Waals surface area contributed by atoms with Crippen molar-refractivity contribution in [2.24, 2.45) is 0 Å². The first-order valence-electron chi connectivity index (χ1n) is 10.8. The molecule has 2 N–H and O–H groups in total. The van der Waals surface area contributed by atoms with E-state index in [9.17, 15) is 10.2 Å². The van der Waals surface area contributed by atoms with Crippen LogP contribution in [0, 0.1) is 0 Å². The Hall–Kier alpha value is 1.75. The standard InChI is InChI=1S/C20H42O3.2Na.H2O4S/c1-3-5-7-9-11-13-15-19(21)17-23-18-20(22)16-14-12-10-8-6-4-2;;;1-5(2,3)4/h19-22H,3-18H2,1-2H3;;;(H2,1,2,3,4)/q;2*+1;/p-2. The number of hydrogen-bond donors (Lipinski definition) is 2. The van der Waals surface area contributed by atoms with Gasteiger partial charge in [0, 0.05) is 10.4 Å². The molecule has 0 rings (SSSR count). The maximum absolute atomic E-state index is 9.85. The summed E-state index contributed by atoms with van der Waals surface area (Å²) in [5, 5.41) is 19.7. The zero-order valence-corrected chi connectivity index (χ0v) is 24.6. The molecule has 0 spiro atoms. The van der Waals surface area contributed by atoms with Crippen LogP contribution in [0.4, 0.5) is 0 Å². The summed E-state index contributed by atoms with van der Waals surface area (Å²) in [6.07, 6.45) is 15.8. The third-order valence-corrected chi connectivity index (χ3v) is 4.40. The largest absolute Gasteiger partial charge is 1.00 e. The Balaban J connectivity index is -0.000000429. The van der Waals surface area contributed by atoms with Crippen molar-refractivity contribution in [3.05, 3.63) is 0 Å². The van der Waals surface area contributed by atoms with Crippen LogP contribution in [0.2, 0.25) is 0 Å². The molecule has 0 bridgehead atoms. The van der Waals surface area contributed by atoms with Crippen LogP contribution in [0.1, 0.15) is 104 Å². The molecule has 10 heteroatoms. The first kappa shape index (κ1) is 39.0. The third kappa shape index (κ3) is 43.6. The maximum atomic E-state index is 9.85. The van der Waals surface area contributed by atoms with Crippen molar-refractivity contribution in [1.82, 2.24) is 0 Å². The van der Waals surface area contributed by atoms with Gasteiger partial charge in [0.25, 0.3) is 0 Å². The van der Waals surface area contributed by atoms with Gasteiger partial charge in [0.2, 0.25) is 0 Å². The summed E-state index contributed by atoms with van der Waals surface area (Å²) in [6, 6.07) is 0. The molecule has 0 radical (unpaired) electrons. The Kier molecular flexibility index (Phi) is 37.4. The van der Waals surface area contributed by atoms with E-state index in [1.807, 2.05) is 0 Å². The molecule has 172 valence electrons. The minimum atomic E-state index is -5.17. The topological polar surface area (TPSA) is 130 Å². The zero-order valence-electron chi connectivity index (χ0n) is 19.8. The van der Waals surface area contributed by atoms with E-state index < -0.39 is 10.4 Å². The number of rotatable bonds is 18. The van der Waals surface area contributed by atoms with Gasteiger partial charge in [-0.2, -0.15) is 0 Å². The normalized spacial score (nSPS) is 12.7. The molecule has 0 saturated heterocycles. The third-order valence-electron chi connectivity index (χ3n) is 4.40. The summed E-state index contributed by atoms with van der Waals surface area (Å²) < 4.78 is 39.5. The Labute approximate surface area is 229 Å². The van der Waals surface area contributed by atoms with Gasteiger partial charge in [0.05, 0.1) is 25.4 Å². The molecule has 0 aromatic heterocycles. The monoisotopic (exact) mass is 472 g/mol. The predicted octanol–water partition coefficient (Wildman–Crippen LogP) is -2.10. The van der Waals surface area contributed by atoms with Crippen molar-refractivity contribution in [2.45, 2.75) is 116 Å². The van der Waals surface area contributed by atoms with Gasteiger partial charge in [-0.15, -0.1) is 0 Å². The SMILES string of the molecule is CCCCCCCCC(O)COCC(O)CCCCCCCC.O=S(=O)([O-])[O-].[Na+].[Na+]. The summed E-state index contributed by atoms with van der Waals surface area (Å²) in [4.78, 5) is 0. The van der Waals surface area contributed by atoms with Gasteiger partial charge >= 0.3 is 59.1 Å². The summed E-state index contributed by atoms with van der Waals surface area (Å²) in [5.74, 6) is 0. The molecule has 30 heavy (non-hydrogen) atoms. The first-order valence-corrected chi connectivity index (χ1v) is 12.1. The van der Waals surface area contributed by atoms with E-state index in [0.717, 1.165) is 25.7 Å². The molecule has 0 aromatic rings. The van der Waals surface area contributed by atoms with Crippen LogP contribution >= 0.6 is 0 Å². The number of aliphatic hydroxyl groups is 2. The van der Waals surface area contributed by atoms with Crippen molar-refractivity contribution in [1.29, 1.82) is 0 Å². The van der Waals surface area contributed by atoms with Gasteiger partial charge in [-0.25, -0.2) is 0 Å². The van der Waals surface area contributed by atoms with Crippen LogP contribution in [0.15, 0.2) is 0 Å². The van der Waals surface area contributed by atoms with Gasteiger partial charge in [0.15, 0.2) is 0 Å². The second kappa shape index (κ2) is 28.8. The molecule has 0 aliphatic heterocycles. The second-order valence-electron chi connectivity index (χ2n) is 7.37. The average Bonchev–Trinajstić information content (AvgIpc) is 2.59. The summed E-state index contributed by atoms with van der Waals surface area (Å²) in [7, 11) is -5.17. The summed E-state index contributed by atoms with van der Waals surface area (Å²) in [6.45, 7) is 5.18. The van der Waals surface area contributed by atoms with E-state index in [1.54, 1.807) is 0 Å². The smallest absolute Gasteiger partial charge is 0.759 e. The Morgan fingerprint density at radius 1 is 0.667 bits per heavy atom. The van der Waals surface area contributed by atoms with Crippen LogP contribution in [0.3, 0.4) is 0 Å². The molecule has 2 atom stereocenters. The van der Waals surface area contributed by atoms with Crippen molar-refractivity contribution in [2.75, 3.05) is 13.2 Å². The molecule has 7 nitrogen and oxygen atoms in total. The van der Waals surface area contributed by atoms with E-state index in [4.69, 9.17) is 22.3 Å². The molecular formula is C20H42Na2O7S. The molecule has 0 amide bonds. The van der Waals surface area contributed by atoms with Crippen LogP contribution in [0.25, 0.3) is 0 Å². The van der Waals surface area contributed by atoms with Crippen molar-refractivity contribution >= 4 is 10.4 Å². The number of unbranched alkanes of at least 4 members (excludes halogenated alkanes) is 10. The number of ether oxygens (including phenoxy) is 1. The fraction of sp³-hybridized carbons (Fsp3) is 1.00. The van der Waals surface area contributed by atoms with E-state index in [0.29, 0.717) is 13.2 Å². The molecule has 0 heterocycles. The van der Waals surface area contributed by atoms with Gasteiger partial charge < -0.3 is 24.1 Å². The Morgan fingerprint density at radius 3 is 1.23 bits per heavy atom. The van der Waals surface area contributed by atoms with Crippen molar-refractivity contribution < 1.29 is 91.6 Å². The molecule has 0 fully saturated rings. The molecule has 0 saturated carbocycles. The summed E-state index contributed by atoms with van der Waals surface area (Å²) in [5.41, 5.74) is 0. The molecule has 0 aliphatic rings. The van der Waals surface area contributed by atoms with Gasteiger partial charge in [0.1, 0.15) is 0 Å². The second-order valence-corrected chi connectivity index (χ2v) is 8.18. The van der Waals surface area contributed by atoms with E-state index in [2.05, 4.69) is 13.8 Å². The molecule has 0 aromatic carbocycles.